The molecule has 16 heteroatoms. The Labute approximate surface area is 294 Å². The number of aliphatic imine (C=N–C) groups is 1. The Kier molecular flexibility index (Phi) is 8.79. The third-order valence-corrected chi connectivity index (χ3v) is 8.85. The van der Waals surface area contributed by atoms with E-state index in [4.69, 9.17) is 22.1 Å². The van der Waals surface area contributed by atoms with Crippen LogP contribution in [-0.4, -0.2) is 72.8 Å². The van der Waals surface area contributed by atoms with Crippen LogP contribution < -0.4 is 21.9 Å². The Morgan fingerprint density at radius 3 is 2.59 bits per heavy atom. The average molecular weight is 708 g/mol. The Balaban J connectivity index is 1.00. The highest BCUT2D eigenvalue weighted by atomic mass is 35.5. The highest BCUT2D eigenvalue weighted by molar-refractivity contribution is 6.30. The summed E-state index contributed by atoms with van der Waals surface area (Å²) in [6.07, 6.45) is 0.967. The zero-order valence-electron chi connectivity index (χ0n) is 26.8. The molecule has 2 unspecified atom stereocenters. The smallest absolute Gasteiger partial charge is 0.326 e. The van der Waals surface area contributed by atoms with Crippen LogP contribution in [0.1, 0.15) is 45.6 Å². The number of rotatable bonds is 11. The topological polar surface area (TPSA) is 218 Å². The number of nitrogens with zero attached hydrogens (tertiary/aromatic N) is 5. The number of anilines is 2. The molecule has 2 aliphatic rings. The second-order valence-electron chi connectivity index (χ2n) is 11.8. The number of carbonyl (C=O) groups is 3. The summed E-state index contributed by atoms with van der Waals surface area (Å²) in [6.45, 7) is 1.25. The number of aromatic nitrogens is 4. The van der Waals surface area contributed by atoms with E-state index in [1.165, 1.54) is 18.3 Å². The summed E-state index contributed by atoms with van der Waals surface area (Å²) in [7, 11) is 0. The Bertz CT molecular complexity index is 2260. The van der Waals surface area contributed by atoms with Gasteiger partial charge in [-0.1, -0.05) is 48.0 Å². The van der Waals surface area contributed by atoms with E-state index in [0.717, 1.165) is 11.1 Å². The zero-order chi connectivity index (χ0) is 35.7. The monoisotopic (exact) mass is 707 g/mol. The largest absolute Gasteiger partial charge is 0.480 e. The molecule has 0 saturated heterocycles. The Morgan fingerprint density at radius 2 is 1.82 bits per heavy atom. The molecule has 1 amide bonds. The van der Waals surface area contributed by atoms with Gasteiger partial charge in [0.25, 0.3) is 11.5 Å². The number of fused-ring (bicyclic) bond motifs is 4. The predicted octanol–water partition coefficient (Wildman–Crippen LogP) is 3.04. The number of nitrogen functional groups attached to an aromatic ring is 1. The maximum absolute atomic E-state index is 13.6. The molecule has 15 nitrogen and oxygen atoms in total. The van der Waals surface area contributed by atoms with Gasteiger partial charge in [0.05, 0.1) is 25.0 Å². The number of amidine groups is 1. The minimum atomic E-state index is -1.37. The summed E-state index contributed by atoms with van der Waals surface area (Å²) in [5, 5.41) is 16.1. The number of nitrogens with one attached hydrogen (secondary N) is 3. The van der Waals surface area contributed by atoms with Crippen LogP contribution in [0.15, 0.2) is 88.8 Å². The van der Waals surface area contributed by atoms with Gasteiger partial charge in [-0.15, -0.1) is 0 Å². The van der Waals surface area contributed by atoms with Crippen molar-refractivity contribution in [3.63, 3.8) is 0 Å². The molecule has 2 aliphatic heterocycles. The number of halogens is 1. The Hall–Kier alpha value is -6.35. The number of carboxylic acids is 1. The molecule has 7 rings (SSSR count). The third-order valence-electron chi connectivity index (χ3n) is 8.60. The van der Waals surface area contributed by atoms with Gasteiger partial charge in [0.1, 0.15) is 11.9 Å². The molecule has 258 valence electrons. The SMILES string of the molecule is Nc1nc2ncc(CNc3ccc(C(=O)NC(CCC(=O)OC4(c5ccc(Cl)cc5)c5ccccc5C5=NCCN54)C(=O)O)cc3)nc2c(=O)[nH]1. The van der Waals surface area contributed by atoms with Crippen LogP contribution >= 0.6 is 11.6 Å². The van der Waals surface area contributed by atoms with Crippen molar-refractivity contribution in [2.24, 2.45) is 4.99 Å². The van der Waals surface area contributed by atoms with E-state index >= 15 is 0 Å². The van der Waals surface area contributed by atoms with Crippen molar-refractivity contribution >= 4 is 58.1 Å². The van der Waals surface area contributed by atoms with Crippen LogP contribution in [0.4, 0.5) is 11.6 Å². The van der Waals surface area contributed by atoms with Gasteiger partial charge in [-0.2, -0.15) is 4.98 Å². The van der Waals surface area contributed by atoms with Gasteiger partial charge in [-0.3, -0.25) is 24.4 Å². The van der Waals surface area contributed by atoms with Crippen LogP contribution in [0.25, 0.3) is 11.2 Å². The molecule has 0 aliphatic carbocycles. The van der Waals surface area contributed by atoms with Gasteiger partial charge in [-0.25, -0.2) is 14.8 Å². The first-order valence-electron chi connectivity index (χ1n) is 15.9. The molecule has 0 spiro atoms. The highest BCUT2D eigenvalue weighted by Gasteiger charge is 2.54. The van der Waals surface area contributed by atoms with E-state index in [9.17, 15) is 24.3 Å². The lowest BCUT2D eigenvalue weighted by Gasteiger charge is -2.38. The number of aromatic amines is 1. The van der Waals surface area contributed by atoms with E-state index in [0.29, 0.717) is 40.9 Å². The molecular weight excluding hydrogens is 678 g/mol. The first kappa shape index (κ1) is 33.2. The molecule has 4 heterocycles. The van der Waals surface area contributed by atoms with Gasteiger partial charge in [0.2, 0.25) is 11.7 Å². The fraction of sp³-hybridized carbons (Fsp3) is 0.200. The number of benzene rings is 3. The minimum absolute atomic E-state index is 0.0527. The minimum Gasteiger partial charge on any atom is -0.480 e. The quantitative estimate of drug-likeness (QED) is 0.125. The van der Waals surface area contributed by atoms with Crippen LogP contribution in [0.5, 0.6) is 0 Å². The number of amides is 1. The fourth-order valence-electron chi connectivity index (χ4n) is 6.22. The van der Waals surface area contributed by atoms with E-state index in [1.54, 1.807) is 36.4 Å². The number of aliphatic carboxylic acids is 1. The number of carboxylic acid groups (broad SMARTS) is 1. The normalized spacial score (nSPS) is 16.6. The van der Waals surface area contributed by atoms with Crippen LogP contribution in [-0.2, 0) is 26.6 Å². The number of nitrogens with two attached hydrogens (primary N) is 1. The van der Waals surface area contributed by atoms with Crippen LogP contribution in [0.3, 0.4) is 0 Å². The lowest BCUT2D eigenvalue weighted by Crippen LogP contribution is -2.47. The molecule has 2 aromatic heterocycles. The predicted molar refractivity (Wildman–Crippen MR) is 187 cm³/mol. The number of H-pyrrole nitrogens is 1. The van der Waals surface area contributed by atoms with E-state index < -0.39 is 35.2 Å². The molecule has 0 saturated carbocycles. The maximum Gasteiger partial charge on any atom is 0.326 e. The van der Waals surface area contributed by atoms with Crippen molar-refractivity contribution in [2.45, 2.75) is 31.2 Å². The van der Waals surface area contributed by atoms with E-state index in [1.807, 2.05) is 29.2 Å². The van der Waals surface area contributed by atoms with Gasteiger partial charge >= 0.3 is 11.9 Å². The molecule has 0 radical (unpaired) electrons. The number of esters is 1. The molecule has 51 heavy (non-hydrogen) atoms. The van der Waals surface area contributed by atoms with Crippen LogP contribution in [0.2, 0.25) is 5.02 Å². The molecule has 2 atom stereocenters. The van der Waals surface area contributed by atoms with E-state index in [-0.39, 0.29) is 42.1 Å². The van der Waals surface area contributed by atoms with Crippen molar-refractivity contribution in [3.05, 3.63) is 122 Å². The number of hydrogen-bond donors (Lipinski definition) is 5. The highest BCUT2D eigenvalue weighted by Crippen LogP contribution is 2.47. The third kappa shape index (κ3) is 6.41. The Morgan fingerprint density at radius 1 is 1.06 bits per heavy atom. The summed E-state index contributed by atoms with van der Waals surface area (Å²) in [5.74, 6) is -1.92. The molecule has 0 fully saturated rings. The van der Waals surface area contributed by atoms with Crippen molar-refractivity contribution < 1.29 is 24.2 Å². The van der Waals surface area contributed by atoms with Gasteiger partial charge in [-0.05, 0) is 42.8 Å². The first-order chi connectivity index (χ1) is 24.6. The van der Waals surface area contributed by atoms with Gasteiger partial charge in [0.15, 0.2) is 11.2 Å². The van der Waals surface area contributed by atoms with E-state index in [2.05, 4.69) is 35.6 Å². The van der Waals surface area contributed by atoms with Crippen molar-refractivity contribution in [1.82, 2.24) is 30.2 Å². The summed E-state index contributed by atoms with van der Waals surface area (Å²) >= 11 is 6.19. The molecule has 3 aromatic carbocycles. The lowest BCUT2D eigenvalue weighted by atomic mass is 9.93. The molecular formula is C35H30ClN9O6. The molecule has 0 bridgehead atoms. The number of carbonyl (C=O) groups excluding carboxylic acids is 2. The van der Waals surface area contributed by atoms with Crippen molar-refractivity contribution in [3.8, 4) is 0 Å². The van der Waals surface area contributed by atoms with Crippen molar-refractivity contribution in [2.75, 3.05) is 24.1 Å². The standard InChI is InChI=1S/C35H30ClN9O6/c36-21-9-7-20(8-10-21)35(25-4-2-1-3-24(25)30-38-15-16-45(30)35)51-27(46)14-13-26(33(49)50)42-31(47)19-5-11-22(12-6-19)39-17-23-18-40-29-28(41-23)32(48)44-34(37)43-29/h1-12,18,26,39H,13-17H2,(H,42,47)(H,49,50)(H3,37,40,43,44,48). The number of ether oxygens (including phenoxy) is 1. The van der Waals surface area contributed by atoms with Crippen LogP contribution in [0, 0.1) is 0 Å². The second-order valence-corrected chi connectivity index (χ2v) is 12.3. The average Bonchev–Trinajstić information content (AvgIpc) is 3.71. The zero-order valence-corrected chi connectivity index (χ0v) is 27.6. The first-order valence-corrected chi connectivity index (χ1v) is 16.3. The summed E-state index contributed by atoms with van der Waals surface area (Å²) in [5.41, 5.74) is 7.46. The molecule has 6 N–H and O–H groups in total. The van der Waals surface area contributed by atoms with Crippen molar-refractivity contribution in [1.29, 1.82) is 0 Å². The summed E-state index contributed by atoms with van der Waals surface area (Å²) < 4.78 is 6.30. The fourth-order valence-corrected chi connectivity index (χ4v) is 6.35. The van der Waals surface area contributed by atoms with Gasteiger partial charge in [0, 0.05) is 45.9 Å². The number of hydrogen-bond acceptors (Lipinski definition) is 12. The van der Waals surface area contributed by atoms with Gasteiger partial charge < -0.3 is 31.1 Å². The maximum atomic E-state index is 13.6. The molecule has 5 aromatic rings. The summed E-state index contributed by atoms with van der Waals surface area (Å²) in [6, 6.07) is 19.5. The summed E-state index contributed by atoms with van der Waals surface area (Å²) in [4.78, 5) is 72.3. The lowest BCUT2D eigenvalue weighted by molar-refractivity contribution is -0.169. The second kappa shape index (κ2) is 13.5.